The van der Waals surface area contributed by atoms with Crippen molar-refractivity contribution in [2.45, 2.75) is 19.8 Å². The lowest BCUT2D eigenvalue weighted by Crippen LogP contribution is -2.38. The lowest BCUT2D eigenvalue weighted by atomic mass is 10.1. The minimum absolute atomic E-state index is 0.00409. The highest BCUT2D eigenvalue weighted by Gasteiger charge is 2.13. The van der Waals surface area contributed by atoms with E-state index in [0.29, 0.717) is 19.4 Å². The Kier molecular flexibility index (Phi) is 5.20. The Bertz CT molecular complexity index is 376. The van der Waals surface area contributed by atoms with Crippen LogP contribution < -0.4 is 5.73 Å². The van der Waals surface area contributed by atoms with Crippen molar-refractivity contribution in [2.24, 2.45) is 5.73 Å². The van der Waals surface area contributed by atoms with Crippen LogP contribution in [0.15, 0.2) is 30.3 Å². The van der Waals surface area contributed by atoms with E-state index < -0.39 is 5.91 Å². The number of aryl methyl sites for hydroxylation is 1. The minimum atomic E-state index is -0.472. The van der Waals surface area contributed by atoms with E-state index in [1.807, 2.05) is 37.3 Å². The van der Waals surface area contributed by atoms with Crippen LogP contribution >= 0.6 is 0 Å². The fourth-order valence-corrected chi connectivity index (χ4v) is 1.62. The number of likely N-dealkylation sites (N-methyl/N-ethyl adjacent to an activating group) is 1. The van der Waals surface area contributed by atoms with Gasteiger partial charge in [0.05, 0.1) is 6.54 Å². The Morgan fingerprint density at radius 2 is 1.88 bits per heavy atom. The third-order valence-corrected chi connectivity index (χ3v) is 2.55. The van der Waals surface area contributed by atoms with E-state index >= 15 is 0 Å². The molecule has 0 radical (unpaired) electrons. The van der Waals surface area contributed by atoms with Gasteiger partial charge in [-0.2, -0.15) is 0 Å². The maximum absolute atomic E-state index is 11.8. The number of rotatable bonds is 6. The molecule has 1 rings (SSSR count). The van der Waals surface area contributed by atoms with Crippen molar-refractivity contribution >= 4 is 11.8 Å². The fourth-order valence-electron chi connectivity index (χ4n) is 1.62. The topological polar surface area (TPSA) is 63.4 Å². The monoisotopic (exact) mass is 234 g/mol. The van der Waals surface area contributed by atoms with Crippen molar-refractivity contribution < 1.29 is 9.59 Å². The first-order valence-corrected chi connectivity index (χ1v) is 5.73. The zero-order valence-electron chi connectivity index (χ0n) is 10.1. The number of carbonyl (C=O) groups excluding carboxylic acids is 2. The number of benzene rings is 1. The van der Waals surface area contributed by atoms with Gasteiger partial charge in [-0.3, -0.25) is 9.59 Å². The molecule has 0 unspecified atom stereocenters. The van der Waals surface area contributed by atoms with Crippen LogP contribution in [-0.2, 0) is 16.0 Å². The molecule has 0 spiro atoms. The van der Waals surface area contributed by atoms with Crippen molar-refractivity contribution in [1.82, 2.24) is 4.90 Å². The van der Waals surface area contributed by atoms with Crippen LogP contribution in [0.5, 0.6) is 0 Å². The molecule has 0 atom stereocenters. The predicted molar refractivity (Wildman–Crippen MR) is 66.2 cm³/mol. The number of primary amides is 1. The number of nitrogens with zero attached hydrogens (tertiary/aromatic N) is 1. The summed E-state index contributed by atoms with van der Waals surface area (Å²) in [5.74, 6) is -0.505. The van der Waals surface area contributed by atoms with E-state index in [4.69, 9.17) is 5.73 Å². The van der Waals surface area contributed by atoms with Crippen LogP contribution in [0, 0.1) is 0 Å². The number of amides is 2. The van der Waals surface area contributed by atoms with Crippen LogP contribution in [0.1, 0.15) is 18.9 Å². The van der Waals surface area contributed by atoms with Crippen LogP contribution in [0.2, 0.25) is 0 Å². The molecule has 2 amide bonds. The van der Waals surface area contributed by atoms with E-state index in [-0.39, 0.29) is 12.5 Å². The molecule has 0 heterocycles. The van der Waals surface area contributed by atoms with Gasteiger partial charge < -0.3 is 10.6 Å². The lowest BCUT2D eigenvalue weighted by molar-refractivity contribution is -0.134. The Morgan fingerprint density at radius 3 is 2.41 bits per heavy atom. The zero-order valence-corrected chi connectivity index (χ0v) is 10.1. The molecule has 17 heavy (non-hydrogen) atoms. The predicted octanol–water partition coefficient (Wildman–Crippen LogP) is 0.953. The molecule has 0 aromatic heterocycles. The molecular formula is C13H18N2O2. The highest BCUT2D eigenvalue weighted by atomic mass is 16.2. The second-order valence-corrected chi connectivity index (χ2v) is 3.86. The van der Waals surface area contributed by atoms with Gasteiger partial charge in [0.1, 0.15) is 0 Å². The van der Waals surface area contributed by atoms with E-state index in [1.165, 1.54) is 4.90 Å². The van der Waals surface area contributed by atoms with Gasteiger partial charge in [0.2, 0.25) is 11.8 Å². The second kappa shape index (κ2) is 6.68. The molecule has 0 aliphatic rings. The Balaban J connectivity index is 2.45. The summed E-state index contributed by atoms with van der Waals surface area (Å²) >= 11 is 0. The van der Waals surface area contributed by atoms with Crippen LogP contribution in [-0.4, -0.2) is 29.8 Å². The number of hydrogen-bond acceptors (Lipinski definition) is 2. The zero-order chi connectivity index (χ0) is 12.7. The van der Waals surface area contributed by atoms with Gasteiger partial charge in [-0.05, 0) is 18.9 Å². The Labute approximate surface area is 101 Å². The van der Waals surface area contributed by atoms with Gasteiger partial charge in [-0.1, -0.05) is 30.3 Å². The van der Waals surface area contributed by atoms with Gasteiger partial charge >= 0.3 is 0 Å². The van der Waals surface area contributed by atoms with Gasteiger partial charge in [-0.25, -0.2) is 0 Å². The summed E-state index contributed by atoms with van der Waals surface area (Å²) in [6.45, 7) is 2.35. The lowest BCUT2D eigenvalue weighted by Gasteiger charge is -2.18. The molecule has 92 valence electrons. The molecule has 4 nitrogen and oxygen atoms in total. The number of nitrogens with two attached hydrogens (primary N) is 1. The average molecular weight is 234 g/mol. The summed E-state index contributed by atoms with van der Waals surface area (Å²) in [4.78, 5) is 24.1. The first kappa shape index (κ1) is 13.2. The maximum atomic E-state index is 11.8. The molecule has 1 aromatic carbocycles. The molecule has 0 aliphatic carbocycles. The van der Waals surface area contributed by atoms with Crippen LogP contribution in [0.25, 0.3) is 0 Å². The van der Waals surface area contributed by atoms with Crippen LogP contribution in [0.4, 0.5) is 0 Å². The first-order valence-electron chi connectivity index (χ1n) is 5.73. The quantitative estimate of drug-likeness (QED) is 0.796. The minimum Gasteiger partial charge on any atom is -0.368 e. The van der Waals surface area contributed by atoms with Gasteiger partial charge in [-0.15, -0.1) is 0 Å². The van der Waals surface area contributed by atoms with E-state index in [1.54, 1.807) is 0 Å². The molecule has 0 aliphatic heterocycles. The van der Waals surface area contributed by atoms with Crippen molar-refractivity contribution in [3.8, 4) is 0 Å². The molecule has 4 heteroatoms. The average Bonchev–Trinajstić information content (AvgIpc) is 2.34. The summed E-state index contributed by atoms with van der Waals surface area (Å²) in [6.07, 6.45) is 1.10. The molecule has 0 bridgehead atoms. The highest BCUT2D eigenvalue weighted by Crippen LogP contribution is 2.04. The van der Waals surface area contributed by atoms with E-state index in [2.05, 4.69) is 0 Å². The maximum Gasteiger partial charge on any atom is 0.237 e. The van der Waals surface area contributed by atoms with Gasteiger partial charge in [0.15, 0.2) is 0 Å². The third kappa shape index (κ3) is 4.68. The first-order chi connectivity index (χ1) is 8.13. The molecule has 0 saturated heterocycles. The fraction of sp³-hybridized carbons (Fsp3) is 0.385. The standard InChI is InChI=1S/C13H18N2O2/c1-2-15(10-12(14)16)13(17)9-8-11-6-4-3-5-7-11/h3-7H,2,8-10H2,1H3,(H2,14,16). The third-order valence-electron chi connectivity index (χ3n) is 2.55. The number of carbonyl (C=O) groups is 2. The van der Waals surface area contributed by atoms with Crippen LogP contribution in [0.3, 0.4) is 0 Å². The molecule has 1 aromatic rings. The summed E-state index contributed by atoms with van der Waals surface area (Å²) < 4.78 is 0. The van der Waals surface area contributed by atoms with E-state index in [9.17, 15) is 9.59 Å². The van der Waals surface area contributed by atoms with Crippen molar-refractivity contribution in [2.75, 3.05) is 13.1 Å². The molecule has 0 saturated carbocycles. The summed E-state index contributed by atoms with van der Waals surface area (Å²) in [5.41, 5.74) is 6.20. The Morgan fingerprint density at radius 1 is 1.24 bits per heavy atom. The van der Waals surface area contributed by atoms with E-state index in [0.717, 1.165) is 5.56 Å². The summed E-state index contributed by atoms with van der Waals surface area (Å²) in [6, 6.07) is 9.80. The second-order valence-electron chi connectivity index (χ2n) is 3.86. The molecular weight excluding hydrogens is 216 g/mol. The normalized spacial score (nSPS) is 9.94. The van der Waals surface area contributed by atoms with Gasteiger partial charge in [0, 0.05) is 13.0 Å². The molecule has 2 N–H and O–H groups in total. The largest absolute Gasteiger partial charge is 0.368 e. The van der Waals surface area contributed by atoms with Crippen molar-refractivity contribution in [3.63, 3.8) is 0 Å². The number of hydrogen-bond donors (Lipinski definition) is 1. The highest BCUT2D eigenvalue weighted by molar-refractivity contribution is 5.83. The summed E-state index contributed by atoms with van der Waals surface area (Å²) in [7, 11) is 0. The molecule has 0 fully saturated rings. The Hall–Kier alpha value is -1.84. The van der Waals surface area contributed by atoms with Crippen molar-refractivity contribution in [3.05, 3.63) is 35.9 Å². The summed E-state index contributed by atoms with van der Waals surface area (Å²) in [5, 5.41) is 0. The van der Waals surface area contributed by atoms with Gasteiger partial charge in [0.25, 0.3) is 0 Å². The SMILES string of the molecule is CCN(CC(N)=O)C(=O)CCc1ccccc1. The van der Waals surface area contributed by atoms with Crippen molar-refractivity contribution in [1.29, 1.82) is 0 Å². The smallest absolute Gasteiger partial charge is 0.237 e.